The van der Waals surface area contributed by atoms with Crippen molar-refractivity contribution in [3.8, 4) is 11.5 Å². The average Bonchev–Trinajstić information content (AvgIpc) is 2.78. The predicted molar refractivity (Wildman–Crippen MR) is 88.6 cm³/mol. The number of benzene rings is 1. The minimum Gasteiger partial charge on any atom is -0.493 e. The molecular formula is C18H22N2O3. The van der Waals surface area contributed by atoms with Gasteiger partial charge in [-0.25, -0.2) is 0 Å². The summed E-state index contributed by atoms with van der Waals surface area (Å²) in [6.45, 7) is 6.27. The van der Waals surface area contributed by atoms with Gasteiger partial charge in [-0.1, -0.05) is 12.1 Å². The zero-order valence-electron chi connectivity index (χ0n) is 13.4. The lowest BCUT2D eigenvalue weighted by molar-refractivity contribution is -0.109. The Morgan fingerprint density at radius 2 is 2.39 bits per heavy atom. The molecule has 2 aliphatic heterocycles. The van der Waals surface area contributed by atoms with Gasteiger partial charge in [0.15, 0.2) is 11.5 Å². The lowest BCUT2D eigenvalue weighted by Crippen LogP contribution is -2.38. The molecule has 0 radical (unpaired) electrons. The van der Waals surface area contributed by atoms with Crippen molar-refractivity contribution < 1.29 is 14.3 Å². The smallest absolute Gasteiger partial charge is 0.166 e. The van der Waals surface area contributed by atoms with E-state index < -0.39 is 0 Å². The van der Waals surface area contributed by atoms with E-state index >= 15 is 0 Å². The van der Waals surface area contributed by atoms with Gasteiger partial charge in [0.25, 0.3) is 0 Å². The Morgan fingerprint density at radius 1 is 1.57 bits per heavy atom. The van der Waals surface area contributed by atoms with E-state index in [2.05, 4.69) is 17.5 Å². The maximum Gasteiger partial charge on any atom is 0.166 e. The third-order valence-corrected chi connectivity index (χ3v) is 4.99. The Kier molecular flexibility index (Phi) is 4.22. The van der Waals surface area contributed by atoms with Gasteiger partial charge in [-0.15, -0.1) is 6.58 Å². The number of ether oxygens (including phenoxy) is 2. The number of hydrogen-bond donors (Lipinski definition) is 1. The molecule has 5 nitrogen and oxygen atoms in total. The van der Waals surface area contributed by atoms with Gasteiger partial charge in [-0.05, 0) is 18.1 Å². The van der Waals surface area contributed by atoms with E-state index in [9.17, 15) is 4.79 Å². The maximum absolute atomic E-state index is 11.2. The molecule has 1 unspecified atom stereocenters. The van der Waals surface area contributed by atoms with E-state index in [0.29, 0.717) is 18.7 Å². The number of hydrogen-bond acceptors (Lipinski definition) is 5. The van der Waals surface area contributed by atoms with Crippen LogP contribution in [0, 0.1) is 5.41 Å². The van der Waals surface area contributed by atoms with Crippen molar-refractivity contribution in [3.63, 3.8) is 0 Å². The first kappa shape index (κ1) is 15.7. The Morgan fingerprint density at radius 3 is 3.04 bits per heavy atom. The van der Waals surface area contributed by atoms with E-state index in [4.69, 9.17) is 14.9 Å². The summed E-state index contributed by atoms with van der Waals surface area (Å²) in [7, 11) is 1.63. The van der Waals surface area contributed by atoms with Gasteiger partial charge in [-0.3, -0.25) is 4.90 Å². The summed E-state index contributed by atoms with van der Waals surface area (Å²) in [5.74, 6) is 1.44. The Hall–Kier alpha value is -2.14. The molecule has 0 aromatic heterocycles. The lowest BCUT2D eigenvalue weighted by atomic mass is 9.72. The van der Waals surface area contributed by atoms with Gasteiger partial charge in [0, 0.05) is 37.8 Å². The third-order valence-electron chi connectivity index (χ3n) is 4.99. The van der Waals surface area contributed by atoms with Crippen LogP contribution in [0.25, 0.3) is 0 Å². The molecule has 1 aromatic carbocycles. The minimum atomic E-state index is -0.378. The fourth-order valence-corrected chi connectivity index (χ4v) is 3.85. The van der Waals surface area contributed by atoms with E-state index in [0.717, 1.165) is 42.7 Å². The number of nitrogens with zero attached hydrogens (tertiary/aromatic N) is 1. The lowest BCUT2D eigenvalue weighted by Gasteiger charge is -2.30. The largest absolute Gasteiger partial charge is 0.493 e. The molecule has 2 heterocycles. The van der Waals surface area contributed by atoms with E-state index in [1.165, 1.54) is 6.21 Å². The molecule has 0 bridgehead atoms. The number of carbonyl (C=O) groups is 1. The highest BCUT2D eigenvalue weighted by Gasteiger charge is 2.50. The number of nitrogens with one attached hydrogen (secondary N) is 1. The van der Waals surface area contributed by atoms with Crippen LogP contribution < -0.4 is 9.47 Å². The first-order valence-corrected chi connectivity index (χ1v) is 7.85. The number of carbonyl (C=O) groups excluding carboxylic acids is 1. The molecule has 0 aliphatic carbocycles. The van der Waals surface area contributed by atoms with Gasteiger partial charge in [-0.2, -0.15) is 0 Å². The second kappa shape index (κ2) is 6.16. The SMILES string of the molecule is C=C[C@@]12CCN(CC=N)Cc3ccc(OC)c(c31)OC2CC=O. The van der Waals surface area contributed by atoms with Crippen LogP contribution in [-0.2, 0) is 16.8 Å². The van der Waals surface area contributed by atoms with E-state index in [1.807, 2.05) is 12.1 Å². The van der Waals surface area contributed by atoms with Crippen LogP contribution in [-0.4, -0.2) is 43.7 Å². The van der Waals surface area contributed by atoms with E-state index in [-0.39, 0.29) is 11.5 Å². The maximum atomic E-state index is 11.2. The van der Waals surface area contributed by atoms with Crippen LogP contribution in [0.5, 0.6) is 11.5 Å². The van der Waals surface area contributed by atoms with Gasteiger partial charge in [0.2, 0.25) is 0 Å². The van der Waals surface area contributed by atoms with Gasteiger partial charge in [0.05, 0.1) is 12.5 Å². The van der Waals surface area contributed by atoms with Gasteiger partial charge in [0.1, 0.15) is 12.4 Å². The van der Waals surface area contributed by atoms with Crippen LogP contribution in [0.2, 0.25) is 0 Å². The van der Waals surface area contributed by atoms with Crippen LogP contribution in [0.3, 0.4) is 0 Å². The highest BCUT2D eigenvalue weighted by atomic mass is 16.5. The number of methoxy groups -OCH3 is 1. The molecule has 2 atom stereocenters. The second-order valence-corrected chi connectivity index (χ2v) is 6.07. The molecule has 1 N–H and O–H groups in total. The summed E-state index contributed by atoms with van der Waals surface area (Å²) in [6.07, 6.45) is 5.17. The number of rotatable bonds is 6. The van der Waals surface area contributed by atoms with Crippen molar-refractivity contribution in [2.75, 3.05) is 20.2 Å². The van der Waals surface area contributed by atoms with Crippen LogP contribution in [0.1, 0.15) is 24.0 Å². The molecule has 23 heavy (non-hydrogen) atoms. The minimum absolute atomic E-state index is 0.248. The van der Waals surface area contributed by atoms with Crippen LogP contribution >= 0.6 is 0 Å². The van der Waals surface area contributed by atoms with Crippen molar-refractivity contribution in [2.45, 2.75) is 30.9 Å². The predicted octanol–water partition coefficient (Wildman–Crippen LogP) is 2.32. The normalized spacial score (nSPS) is 25.9. The first-order chi connectivity index (χ1) is 11.2. The molecule has 122 valence electrons. The first-order valence-electron chi connectivity index (χ1n) is 7.85. The van der Waals surface area contributed by atoms with E-state index in [1.54, 1.807) is 7.11 Å². The third kappa shape index (κ3) is 2.36. The summed E-state index contributed by atoms with van der Waals surface area (Å²) in [5, 5.41) is 7.39. The summed E-state index contributed by atoms with van der Waals surface area (Å²) >= 11 is 0. The standard InChI is InChI=1S/C18H22N2O3/c1-3-18-7-9-20(10-8-19)12-13-4-5-14(22-2)17(16(13)18)23-15(18)6-11-21/h3-5,8,11,15,19H,1,6-7,9-10,12H2,2H3/t15?,18-/m0/s1. The second-order valence-electron chi connectivity index (χ2n) is 6.07. The Bertz CT molecular complexity index is 643. The van der Waals surface area contributed by atoms with Crippen molar-refractivity contribution in [1.29, 1.82) is 5.41 Å². The van der Waals surface area contributed by atoms with Gasteiger partial charge >= 0.3 is 0 Å². The average molecular weight is 314 g/mol. The fourth-order valence-electron chi connectivity index (χ4n) is 3.85. The van der Waals surface area contributed by atoms with Crippen LogP contribution in [0.15, 0.2) is 24.8 Å². The quantitative estimate of drug-likeness (QED) is 0.497. The monoisotopic (exact) mass is 314 g/mol. The highest BCUT2D eigenvalue weighted by Crippen LogP contribution is 2.53. The Labute approximate surface area is 136 Å². The number of aldehydes is 1. The van der Waals surface area contributed by atoms with Crippen molar-refractivity contribution in [3.05, 3.63) is 35.9 Å². The van der Waals surface area contributed by atoms with Crippen LogP contribution in [0.4, 0.5) is 0 Å². The van der Waals surface area contributed by atoms with Crippen molar-refractivity contribution in [2.24, 2.45) is 0 Å². The summed E-state index contributed by atoms with van der Waals surface area (Å²) in [5.41, 5.74) is 1.89. The zero-order valence-corrected chi connectivity index (χ0v) is 13.4. The Balaban J connectivity index is 2.16. The summed E-state index contributed by atoms with van der Waals surface area (Å²) in [6, 6.07) is 3.98. The molecule has 0 amide bonds. The molecule has 5 heteroatoms. The molecular weight excluding hydrogens is 292 g/mol. The summed E-state index contributed by atoms with van der Waals surface area (Å²) < 4.78 is 11.6. The molecule has 3 rings (SSSR count). The molecule has 0 spiro atoms. The topological polar surface area (TPSA) is 62.6 Å². The summed E-state index contributed by atoms with van der Waals surface area (Å²) in [4.78, 5) is 13.4. The molecule has 2 aliphatic rings. The van der Waals surface area contributed by atoms with Crippen molar-refractivity contribution in [1.82, 2.24) is 4.90 Å². The molecule has 0 saturated heterocycles. The molecule has 0 saturated carbocycles. The van der Waals surface area contributed by atoms with Gasteiger partial charge < -0.3 is 19.7 Å². The fraction of sp³-hybridized carbons (Fsp3) is 0.444. The molecule has 1 aromatic rings. The molecule has 0 fully saturated rings. The zero-order chi connectivity index (χ0) is 16.4. The van der Waals surface area contributed by atoms with Crippen molar-refractivity contribution >= 4 is 12.5 Å². The highest BCUT2D eigenvalue weighted by molar-refractivity contribution is 5.63.